The van der Waals surface area contributed by atoms with Crippen LogP contribution in [0, 0.1) is 5.41 Å². The summed E-state index contributed by atoms with van der Waals surface area (Å²) in [7, 11) is 0. The van der Waals surface area contributed by atoms with E-state index in [0.717, 1.165) is 27.8 Å². The van der Waals surface area contributed by atoms with Crippen molar-refractivity contribution in [1.29, 1.82) is 5.41 Å². The second kappa shape index (κ2) is 11.0. The average Bonchev–Trinajstić information content (AvgIpc) is 3.01. The van der Waals surface area contributed by atoms with E-state index in [1.165, 1.54) is 0 Å². The number of rotatable bonds is 9. The molecule has 38 heavy (non-hydrogen) atoms. The van der Waals surface area contributed by atoms with Gasteiger partial charge in [-0.05, 0) is 46.0 Å². The van der Waals surface area contributed by atoms with Crippen LogP contribution in [0.3, 0.4) is 0 Å². The van der Waals surface area contributed by atoms with Crippen molar-refractivity contribution in [2.45, 2.75) is 12.1 Å². The molecule has 5 rings (SSSR count). The molecule has 186 valence electrons. The third-order valence-electron chi connectivity index (χ3n) is 6.68. The lowest BCUT2D eigenvalue weighted by Gasteiger charge is -2.38. The van der Waals surface area contributed by atoms with Crippen molar-refractivity contribution in [2.24, 2.45) is 0 Å². The summed E-state index contributed by atoms with van der Waals surface area (Å²) in [6.07, 6.45) is 3.88. The Morgan fingerprint density at radius 3 is 1.82 bits per heavy atom. The zero-order valence-corrected chi connectivity index (χ0v) is 20.7. The number of benzene rings is 4. The highest BCUT2D eigenvalue weighted by Crippen LogP contribution is 2.41. The summed E-state index contributed by atoms with van der Waals surface area (Å²) < 4.78 is 0. The van der Waals surface area contributed by atoms with Gasteiger partial charge in [0.2, 0.25) is 0 Å². The smallest absolute Gasteiger partial charge is 0.168 e. The highest BCUT2D eigenvalue weighted by Gasteiger charge is 2.37. The number of carbonyl (C=O) groups is 1. The Labute approximate surface area is 222 Å². The average molecular weight is 498 g/mol. The fourth-order valence-corrected chi connectivity index (χ4v) is 4.83. The Hall–Kier alpha value is -4.87. The molecule has 0 aliphatic rings. The largest absolute Gasteiger partial charge is 0.392 e. The molecule has 5 heteroatoms. The quantitative estimate of drug-likeness (QED) is 0.128. The van der Waals surface area contributed by atoms with Crippen LogP contribution in [0.1, 0.15) is 27.8 Å². The van der Waals surface area contributed by atoms with Gasteiger partial charge in [0.05, 0.1) is 6.61 Å². The molecule has 0 fully saturated rings. The topological polar surface area (TPSA) is 86.1 Å². The van der Waals surface area contributed by atoms with Crippen LogP contribution in [0.2, 0.25) is 0 Å². The molecule has 5 nitrogen and oxygen atoms in total. The molecule has 4 aromatic carbocycles. The number of pyridine rings is 1. The SMILES string of the molecule is N=C(C=O)c1cc(-c2cncc(CO)c2)ccc1NC(c1ccccc1)(c1ccccc1)c1ccccc1. The first kappa shape index (κ1) is 24.8. The van der Waals surface area contributed by atoms with E-state index in [9.17, 15) is 9.90 Å². The minimum atomic E-state index is -0.804. The number of nitrogens with one attached hydrogen (secondary N) is 2. The van der Waals surface area contributed by atoms with Gasteiger partial charge in [-0.2, -0.15) is 0 Å². The maximum Gasteiger partial charge on any atom is 0.168 e. The van der Waals surface area contributed by atoms with Gasteiger partial charge in [-0.15, -0.1) is 0 Å². The standard InChI is InChI=1S/C33H27N3O2/c34-31(23-38)30-19-25(26-18-24(22-37)20-35-21-26)16-17-32(30)36-33(27-10-4-1-5-11-27,28-12-6-2-7-13-28)29-14-8-3-9-15-29/h1-21,23,34,36-37H,22H2. The van der Waals surface area contributed by atoms with Crippen molar-refractivity contribution >= 4 is 17.7 Å². The van der Waals surface area contributed by atoms with Crippen molar-refractivity contribution in [3.8, 4) is 11.1 Å². The maximum atomic E-state index is 11.9. The summed E-state index contributed by atoms with van der Waals surface area (Å²) in [6, 6.07) is 38.0. The normalized spacial score (nSPS) is 11.1. The van der Waals surface area contributed by atoms with E-state index in [4.69, 9.17) is 5.41 Å². The van der Waals surface area contributed by atoms with Gasteiger partial charge in [-0.25, -0.2) is 0 Å². The van der Waals surface area contributed by atoms with E-state index in [1.54, 1.807) is 12.4 Å². The predicted molar refractivity (Wildman–Crippen MR) is 151 cm³/mol. The number of nitrogens with zero attached hydrogens (tertiary/aromatic N) is 1. The number of carbonyl (C=O) groups excluding carboxylic acids is 1. The van der Waals surface area contributed by atoms with Crippen molar-refractivity contribution in [2.75, 3.05) is 5.32 Å². The molecular formula is C33H27N3O2. The monoisotopic (exact) mass is 497 g/mol. The third kappa shape index (κ3) is 4.75. The zero-order chi connectivity index (χ0) is 26.4. The Kier molecular flexibility index (Phi) is 7.20. The second-order valence-corrected chi connectivity index (χ2v) is 9.00. The summed E-state index contributed by atoms with van der Waals surface area (Å²) in [4.78, 5) is 16.1. The fraction of sp³-hybridized carbons (Fsp3) is 0.0606. The Balaban J connectivity index is 1.74. The molecule has 3 N–H and O–H groups in total. The molecule has 0 spiro atoms. The Morgan fingerprint density at radius 2 is 1.32 bits per heavy atom. The number of aliphatic hydroxyl groups is 1. The molecule has 0 atom stereocenters. The first-order valence-electron chi connectivity index (χ1n) is 12.3. The molecule has 0 radical (unpaired) electrons. The number of aliphatic hydroxyl groups excluding tert-OH is 1. The molecule has 0 bridgehead atoms. The second-order valence-electron chi connectivity index (χ2n) is 9.00. The van der Waals surface area contributed by atoms with Crippen LogP contribution in [0.5, 0.6) is 0 Å². The van der Waals surface area contributed by atoms with Gasteiger partial charge in [0, 0.05) is 29.2 Å². The molecule has 1 aromatic heterocycles. The van der Waals surface area contributed by atoms with Crippen molar-refractivity contribution < 1.29 is 9.90 Å². The van der Waals surface area contributed by atoms with Crippen molar-refractivity contribution in [3.05, 3.63) is 155 Å². The molecule has 0 unspecified atom stereocenters. The van der Waals surface area contributed by atoms with E-state index in [-0.39, 0.29) is 12.3 Å². The molecule has 1 heterocycles. The highest BCUT2D eigenvalue weighted by atomic mass is 16.3. The number of aldehydes is 1. The zero-order valence-electron chi connectivity index (χ0n) is 20.7. The first-order valence-corrected chi connectivity index (χ1v) is 12.3. The predicted octanol–water partition coefficient (Wildman–Crippen LogP) is 6.21. The van der Waals surface area contributed by atoms with Gasteiger partial charge in [0.25, 0.3) is 0 Å². The molecule has 0 saturated heterocycles. The van der Waals surface area contributed by atoms with Crippen LogP contribution in [0.25, 0.3) is 11.1 Å². The number of anilines is 1. The molecule has 0 saturated carbocycles. The van der Waals surface area contributed by atoms with Crippen LogP contribution in [-0.4, -0.2) is 22.1 Å². The Morgan fingerprint density at radius 1 is 0.763 bits per heavy atom. The summed E-state index contributed by atoms with van der Waals surface area (Å²) >= 11 is 0. The van der Waals surface area contributed by atoms with Crippen LogP contribution in [0.4, 0.5) is 5.69 Å². The molecule has 0 amide bonds. The summed E-state index contributed by atoms with van der Waals surface area (Å²) in [6.45, 7) is -0.120. The van der Waals surface area contributed by atoms with Gasteiger partial charge in [-0.3, -0.25) is 15.2 Å². The maximum absolute atomic E-state index is 11.9. The van der Waals surface area contributed by atoms with Crippen LogP contribution in [-0.2, 0) is 16.9 Å². The fourth-order valence-electron chi connectivity index (χ4n) is 4.83. The first-order chi connectivity index (χ1) is 18.7. The Bertz CT molecular complexity index is 1460. The van der Waals surface area contributed by atoms with Crippen LogP contribution in [0.15, 0.2) is 128 Å². The summed E-state index contributed by atoms with van der Waals surface area (Å²) in [5, 5.41) is 21.8. The lowest BCUT2D eigenvalue weighted by molar-refractivity contribution is -0.102. The molecule has 5 aromatic rings. The van der Waals surface area contributed by atoms with E-state index in [1.807, 2.05) is 78.9 Å². The van der Waals surface area contributed by atoms with Gasteiger partial charge < -0.3 is 10.4 Å². The van der Waals surface area contributed by atoms with Gasteiger partial charge >= 0.3 is 0 Å². The third-order valence-corrected chi connectivity index (χ3v) is 6.68. The van der Waals surface area contributed by atoms with Crippen molar-refractivity contribution in [3.63, 3.8) is 0 Å². The minimum Gasteiger partial charge on any atom is -0.392 e. The van der Waals surface area contributed by atoms with Crippen molar-refractivity contribution in [1.82, 2.24) is 4.98 Å². The lowest BCUT2D eigenvalue weighted by Crippen LogP contribution is -2.38. The van der Waals surface area contributed by atoms with E-state index < -0.39 is 5.54 Å². The van der Waals surface area contributed by atoms with Gasteiger partial charge in [-0.1, -0.05) is 97.1 Å². The molecule has 0 aliphatic carbocycles. The van der Waals surface area contributed by atoms with E-state index in [0.29, 0.717) is 23.1 Å². The number of hydrogen-bond acceptors (Lipinski definition) is 5. The molecular weight excluding hydrogens is 470 g/mol. The molecule has 0 aliphatic heterocycles. The van der Waals surface area contributed by atoms with Gasteiger partial charge in [0.15, 0.2) is 6.29 Å². The lowest BCUT2D eigenvalue weighted by atomic mass is 9.76. The van der Waals surface area contributed by atoms with E-state index in [2.05, 4.69) is 46.7 Å². The van der Waals surface area contributed by atoms with E-state index >= 15 is 0 Å². The minimum absolute atomic E-state index is 0.120. The van der Waals surface area contributed by atoms with Crippen LogP contribution >= 0.6 is 0 Å². The summed E-state index contributed by atoms with van der Waals surface area (Å²) in [5.41, 5.74) is 5.51. The van der Waals surface area contributed by atoms with Crippen LogP contribution < -0.4 is 5.32 Å². The summed E-state index contributed by atoms with van der Waals surface area (Å²) in [5.74, 6) is 0. The van der Waals surface area contributed by atoms with Gasteiger partial charge in [0.1, 0.15) is 11.3 Å². The highest BCUT2D eigenvalue weighted by molar-refractivity contribution is 6.36. The number of hydrogen-bond donors (Lipinski definition) is 3. The number of aromatic nitrogens is 1.